The zero-order valence-electron chi connectivity index (χ0n) is 34.9. The number of rotatable bonds is 27. The fraction of sp³-hybridized carbons (Fsp3) is 0.763. The Labute approximate surface area is 352 Å². The van der Waals surface area contributed by atoms with E-state index < -0.39 is 152 Å². The molecule has 22 heteroatoms. The van der Waals surface area contributed by atoms with Gasteiger partial charge in [-0.3, -0.25) is 43.2 Å². The van der Waals surface area contributed by atoms with Crippen LogP contribution in [-0.4, -0.2) is 174 Å². The normalized spacial score (nSPS) is 19.5. The Morgan fingerprint density at radius 2 is 1.30 bits per heavy atom. The van der Waals surface area contributed by atoms with Crippen LogP contribution in [-0.2, 0) is 47.9 Å². The number of ether oxygens (including phenoxy) is 1. The Kier molecular flexibility index (Phi) is 23.8. The largest absolute Gasteiger partial charge is 0.466 e. The van der Waals surface area contributed by atoms with E-state index in [9.17, 15) is 73.8 Å². The summed E-state index contributed by atoms with van der Waals surface area (Å²) < 4.78 is 4.86. The van der Waals surface area contributed by atoms with Gasteiger partial charge in [0.2, 0.25) is 28.7 Å². The molecular weight excluding hydrogens is 815 g/mol. The third-order valence-corrected chi connectivity index (χ3v) is 10.9. The number of nitrogens with one attached hydrogen (secondary N) is 3. The predicted octanol–water partition coefficient (Wildman–Crippen LogP) is -3.77. The summed E-state index contributed by atoms with van der Waals surface area (Å²) in [6.45, 7) is 6.36. The van der Waals surface area contributed by atoms with Crippen molar-refractivity contribution in [3.8, 4) is 0 Å². The van der Waals surface area contributed by atoms with Gasteiger partial charge in [0.15, 0.2) is 17.3 Å². The number of esters is 1. The van der Waals surface area contributed by atoms with Gasteiger partial charge in [0.05, 0.1) is 62.5 Å². The Balaban J connectivity index is 2.98. The second-order valence-electron chi connectivity index (χ2n) is 15.0. The van der Waals surface area contributed by atoms with Gasteiger partial charge >= 0.3 is 5.97 Å². The first-order valence-corrected chi connectivity index (χ1v) is 20.8. The summed E-state index contributed by atoms with van der Waals surface area (Å²) >= 11 is 0.903. The number of amides is 4. The molecule has 0 bridgehead atoms. The lowest BCUT2D eigenvalue weighted by Gasteiger charge is -2.28. The lowest BCUT2D eigenvalue weighted by atomic mass is 9.90. The summed E-state index contributed by atoms with van der Waals surface area (Å²) in [6.07, 6.45) is -7.06. The molecule has 342 valence electrons. The molecule has 12 atom stereocenters. The molecule has 1 heterocycles. The average molecular weight is 878 g/mol. The van der Waals surface area contributed by atoms with Gasteiger partial charge in [0, 0.05) is 37.5 Å². The van der Waals surface area contributed by atoms with Crippen molar-refractivity contribution >= 4 is 63.8 Å². The minimum Gasteiger partial charge on any atom is -0.466 e. The molecule has 0 saturated carbocycles. The first-order chi connectivity index (χ1) is 28.0. The number of likely N-dealkylation sites (tertiary alicyclic amines) is 1. The number of nitrogens with zero attached hydrogens (tertiary/aromatic N) is 1. The van der Waals surface area contributed by atoms with Crippen molar-refractivity contribution in [2.24, 2.45) is 23.5 Å². The number of aliphatic hydroxyl groups is 6. The third-order valence-electron chi connectivity index (χ3n) is 9.94. The molecule has 60 heavy (non-hydrogen) atoms. The molecule has 0 aromatic heterocycles. The number of thioether (sulfide) groups is 1. The van der Waals surface area contributed by atoms with Crippen LogP contribution in [0.4, 0.5) is 0 Å². The van der Waals surface area contributed by atoms with E-state index >= 15 is 0 Å². The van der Waals surface area contributed by atoms with E-state index in [1.54, 1.807) is 6.92 Å². The highest BCUT2D eigenvalue weighted by Gasteiger charge is 2.39. The lowest BCUT2D eigenvalue weighted by Crippen LogP contribution is -2.56. The maximum atomic E-state index is 13.4. The van der Waals surface area contributed by atoms with Gasteiger partial charge in [-0.05, 0) is 47.5 Å². The molecule has 21 nitrogen and oxygen atoms in total. The number of carbonyl (C=O) groups excluding carboxylic acids is 9. The number of hydrogen-bond acceptors (Lipinski definition) is 18. The van der Waals surface area contributed by atoms with Crippen LogP contribution in [0.3, 0.4) is 0 Å². The summed E-state index contributed by atoms with van der Waals surface area (Å²) in [5.41, 5.74) is 5.58. The number of carbonyl (C=O) groups is 9. The Hall–Kier alpha value is -3.90. The number of Topliss-reactive ketones (excluding diaryl/α,β-unsaturated/α-hetero) is 3. The minimum absolute atomic E-state index is 0.0149. The highest BCUT2D eigenvalue weighted by Crippen LogP contribution is 2.26. The van der Waals surface area contributed by atoms with Crippen molar-refractivity contribution in [3.05, 3.63) is 0 Å². The smallest absolute Gasteiger partial charge is 0.306 e. The minimum atomic E-state index is -1.74. The molecule has 1 aliphatic rings. The van der Waals surface area contributed by atoms with E-state index in [4.69, 9.17) is 10.5 Å². The molecule has 4 unspecified atom stereocenters. The van der Waals surface area contributed by atoms with E-state index in [0.29, 0.717) is 12.8 Å². The maximum Gasteiger partial charge on any atom is 0.306 e. The molecule has 0 radical (unpaired) electrons. The standard InChI is InChI=1S/C38H63N5O16S/c1-7-59-30(53)10-12-60-38(58)26-9-8-11-43(26)37(57)18(2)13-27(50)25(17-45)40-35(55)24(19(3)46)15-29(52)33(22(6)49)41-34(54)23(16-44)14-28(51)32(21(5)48)42-36(56)31(39)20(4)47/h18-26,31-33,44-49H,7-17,39H2,1-6H3,(H,40,55)(H,41,54)(H,42,56)/t18-,19?,20?,21?,22?,23+,24+,25+,26+,31+,32+,33+/m1/s1. The highest BCUT2D eigenvalue weighted by molar-refractivity contribution is 8.13. The average Bonchev–Trinajstić information content (AvgIpc) is 3.67. The van der Waals surface area contributed by atoms with E-state index in [0.717, 1.165) is 32.5 Å². The van der Waals surface area contributed by atoms with Gasteiger partial charge in [-0.25, -0.2) is 0 Å². The van der Waals surface area contributed by atoms with Gasteiger partial charge < -0.3 is 62.0 Å². The van der Waals surface area contributed by atoms with Gasteiger partial charge in [-0.1, -0.05) is 18.7 Å². The van der Waals surface area contributed by atoms with Crippen molar-refractivity contribution in [1.82, 2.24) is 20.9 Å². The number of hydrogen-bond donors (Lipinski definition) is 10. The molecule has 0 aliphatic carbocycles. The van der Waals surface area contributed by atoms with E-state index in [2.05, 4.69) is 16.0 Å². The van der Waals surface area contributed by atoms with Crippen molar-refractivity contribution < 1.29 is 78.5 Å². The lowest BCUT2D eigenvalue weighted by molar-refractivity contribution is -0.142. The molecule has 1 fully saturated rings. The molecular formula is C38H63N5O16S. The van der Waals surface area contributed by atoms with Crippen LogP contribution in [0.2, 0.25) is 0 Å². The number of nitrogens with two attached hydrogens (primary N) is 1. The topological polar surface area (TPSA) is 350 Å². The van der Waals surface area contributed by atoms with Crippen LogP contribution < -0.4 is 21.7 Å². The van der Waals surface area contributed by atoms with Gasteiger partial charge in [0.1, 0.15) is 30.2 Å². The van der Waals surface area contributed by atoms with Crippen LogP contribution in [0, 0.1) is 17.8 Å². The van der Waals surface area contributed by atoms with Crippen molar-refractivity contribution in [3.63, 3.8) is 0 Å². The molecule has 1 rings (SSSR count). The summed E-state index contributed by atoms with van der Waals surface area (Å²) in [7, 11) is 0. The SMILES string of the molecule is CCOC(=O)CCSC(=O)[C@@H]1CCCN1C(=O)[C@H](C)CC(=O)[C@H](CO)NC(=O)[C@@H](CC(=O)[C@@H](NC(=O)[C@H](CO)CC(=O)[C@@H](NC(=O)[C@@H](N)C(C)O)C(C)O)C(C)O)C(C)O. The second kappa shape index (κ2) is 26.4. The zero-order chi connectivity index (χ0) is 46.0. The summed E-state index contributed by atoms with van der Waals surface area (Å²) in [4.78, 5) is 118. The van der Waals surface area contributed by atoms with Crippen LogP contribution in [0.25, 0.3) is 0 Å². The Morgan fingerprint density at radius 3 is 1.80 bits per heavy atom. The molecule has 0 spiro atoms. The summed E-state index contributed by atoms with van der Waals surface area (Å²) in [5.74, 6) is -10.7. The summed E-state index contributed by atoms with van der Waals surface area (Å²) in [5, 5.41) is 66.9. The number of ketones is 3. The van der Waals surface area contributed by atoms with Gasteiger partial charge in [-0.2, -0.15) is 0 Å². The fourth-order valence-electron chi connectivity index (χ4n) is 6.28. The molecule has 0 aromatic carbocycles. The predicted molar refractivity (Wildman–Crippen MR) is 213 cm³/mol. The van der Waals surface area contributed by atoms with Crippen molar-refractivity contribution in [2.45, 2.75) is 135 Å². The molecule has 1 saturated heterocycles. The Bertz CT molecular complexity index is 1510. The van der Waals surface area contributed by atoms with E-state index in [1.807, 2.05) is 0 Å². The van der Waals surface area contributed by atoms with Gasteiger partial charge in [0.25, 0.3) is 0 Å². The maximum absolute atomic E-state index is 13.4. The fourth-order valence-corrected chi connectivity index (χ4v) is 7.18. The van der Waals surface area contributed by atoms with Crippen LogP contribution in [0.5, 0.6) is 0 Å². The van der Waals surface area contributed by atoms with E-state index in [1.165, 1.54) is 18.7 Å². The quantitative estimate of drug-likeness (QED) is 0.0354. The molecule has 11 N–H and O–H groups in total. The highest BCUT2D eigenvalue weighted by atomic mass is 32.2. The van der Waals surface area contributed by atoms with Gasteiger partial charge in [-0.15, -0.1) is 0 Å². The van der Waals surface area contributed by atoms with Crippen molar-refractivity contribution in [1.29, 1.82) is 0 Å². The van der Waals surface area contributed by atoms with Crippen molar-refractivity contribution in [2.75, 3.05) is 32.1 Å². The molecule has 0 aromatic rings. The van der Waals surface area contributed by atoms with Crippen LogP contribution >= 0.6 is 11.8 Å². The van der Waals surface area contributed by atoms with Crippen LogP contribution in [0.1, 0.15) is 80.1 Å². The zero-order valence-corrected chi connectivity index (χ0v) is 35.7. The number of aliphatic hydroxyl groups excluding tert-OH is 6. The monoisotopic (exact) mass is 877 g/mol. The third kappa shape index (κ3) is 16.9. The first-order valence-electron chi connectivity index (χ1n) is 19.8. The van der Waals surface area contributed by atoms with E-state index in [-0.39, 0.29) is 30.4 Å². The Morgan fingerprint density at radius 1 is 0.733 bits per heavy atom. The summed E-state index contributed by atoms with van der Waals surface area (Å²) in [6, 6.07) is -7.14. The second-order valence-corrected chi connectivity index (χ2v) is 16.1. The first kappa shape index (κ1) is 54.1. The van der Waals surface area contributed by atoms with Crippen LogP contribution in [0.15, 0.2) is 0 Å². The molecule has 1 aliphatic heterocycles. The molecule has 4 amide bonds.